The summed E-state index contributed by atoms with van der Waals surface area (Å²) in [5, 5.41) is 2.77. The third-order valence-corrected chi connectivity index (χ3v) is 3.99. The van der Waals surface area contributed by atoms with Crippen molar-refractivity contribution in [1.29, 1.82) is 0 Å². The molecule has 1 amide bonds. The third kappa shape index (κ3) is 5.10. The molecule has 104 valence electrons. The van der Waals surface area contributed by atoms with Gasteiger partial charge in [0.1, 0.15) is 0 Å². The summed E-state index contributed by atoms with van der Waals surface area (Å²) < 4.78 is 0. The summed E-state index contributed by atoms with van der Waals surface area (Å²) >= 11 is 1.85. The molecule has 0 heterocycles. The highest BCUT2D eigenvalue weighted by Crippen LogP contribution is 2.21. The number of nitrogens with one attached hydrogen (secondary N) is 1. The second-order valence-corrected chi connectivity index (χ2v) is 5.81. The molecule has 1 N–H and O–H groups in total. The first-order chi connectivity index (χ1) is 9.74. The monoisotopic (exact) mass is 285 g/mol. The molecule has 0 saturated carbocycles. The molecule has 0 aliphatic rings. The number of hydrogen-bond acceptors (Lipinski definition) is 2. The van der Waals surface area contributed by atoms with Crippen LogP contribution >= 0.6 is 11.8 Å². The molecule has 0 aliphatic heterocycles. The zero-order valence-corrected chi connectivity index (χ0v) is 12.5. The van der Waals surface area contributed by atoms with Crippen molar-refractivity contribution in [2.24, 2.45) is 0 Å². The molecule has 0 unspecified atom stereocenters. The van der Waals surface area contributed by atoms with Gasteiger partial charge in [-0.2, -0.15) is 0 Å². The van der Waals surface area contributed by atoms with E-state index in [1.54, 1.807) is 0 Å². The van der Waals surface area contributed by atoms with Crippen molar-refractivity contribution >= 4 is 23.4 Å². The average Bonchev–Trinajstić information content (AvgIpc) is 2.46. The van der Waals surface area contributed by atoms with Gasteiger partial charge in [-0.3, -0.25) is 4.79 Å². The summed E-state index contributed by atoms with van der Waals surface area (Å²) in [6.45, 7) is 1.52. The topological polar surface area (TPSA) is 29.1 Å². The zero-order chi connectivity index (χ0) is 14.2. The Hall–Kier alpha value is -1.74. The van der Waals surface area contributed by atoms with E-state index in [0.717, 1.165) is 17.9 Å². The van der Waals surface area contributed by atoms with Crippen LogP contribution in [0.15, 0.2) is 59.5 Å². The standard InChI is InChI=1S/C17H19NOS/c1-14(19)18-16-9-11-17(12-10-16)20-13-5-8-15-6-3-2-4-7-15/h2-4,6-7,9-12H,5,8,13H2,1H3,(H,18,19). The molecule has 0 radical (unpaired) electrons. The Bertz CT molecular complexity index is 537. The number of hydrogen-bond donors (Lipinski definition) is 1. The average molecular weight is 285 g/mol. The van der Waals surface area contributed by atoms with Crippen LogP contribution < -0.4 is 5.32 Å². The second kappa shape index (κ2) is 7.75. The van der Waals surface area contributed by atoms with E-state index in [-0.39, 0.29) is 5.91 Å². The van der Waals surface area contributed by atoms with Gasteiger partial charge in [0.25, 0.3) is 0 Å². The fourth-order valence-electron chi connectivity index (χ4n) is 1.95. The van der Waals surface area contributed by atoms with Crippen molar-refractivity contribution in [3.05, 3.63) is 60.2 Å². The van der Waals surface area contributed by atoms with Crippen LogP contribution in [0, 0.1) is 0 Å². The minimum atomic E-state index is -0.0340. The number of rotatable bonds is 6. The molecule has 0 spiro atoms. The lowest BCUT2D eigenvalue weighted by molar-refractivity contribution is -0.114. The van der Waals surface area contributed by atoms with Crippen LogP contribution in [0.2, 0.25) is 0 Å². The number of carbonyl (C=O) groups excluding carboxylic acids is 1. The molecule has 20 heavy (non-hydrogen) atoms. The van der Waals surface area contributed by atoms with Gasteiger partial charge in [0.15, 0.2) is 0 Å². The van der Waals surface area contributed by atoms with E-state index in [0.29, 0.717) is 0 Å². The minimum Gasteiger partial charge on any atom is -0.326 e. The third-order valence-electron chi connectivity index (χ3n) is 2.90. The van der Waals surface area contributed by atoms with Crippen molar-refractivity contribution in [3.8, 4) is 0 Å². The number of carbonyl (C=O) groups is 1. The number of aryl methyl sites for hydroxylation is 1. The molecule has 0 bridgehead atoms. The van der Waals surface area contributed by atoms with E-state index in [1.807, 2.05) is 23.9 Å². The van der Waals surface area contributed by atoms with E-state index in [1.165, 1.54) is 23.8 Å². The highest BCUT2D eigenvalue weighted by molar-refractivity contribution is 7.99. The quantitative estimate of drug-likeness (QED) is 0.631. The van der Waals surface area contributed by atoms with Gasteiger partial charge in [0.2, 0.25) is 5.91 Å². The minimum absolute atomic E-state index is 0.0340. The lowest BCUT2D eigenvalue weighted by atomic mass is 10.1. The first kappa shape index (κ1) is 14.7. The Balaban J connectivity index is 1.73. The van der Waals surface area contributed by atoms with Crippen LogP contribution in [0.5, 0.6) is 0 Å². The predicted octanol–water partition coefficient (Wildman–Crippen LogP) is 4.37. The Morgan fingerprint density at radius 3 is 2.40 bits per heavy atom. The number of benzene rings is 2. The van der Waals surface area contributed by atoms with Crippen molar-refractivity contribution in [3.63, 3.8) is 0 Å². The summed E-state index contributed by atoms with van der Waals surface area (Å²) in [5.41, 5.74) is 2.25. The number of thioether (sulfide) groups is 1. The molecule has 2 aromatic carbocycles. The molecule has 0 saturated heterocycles. The van der Waals surface area contributed by atoms with Crippen molar-refractivity contribution in [2.75, 3.05) is 11.1 Å². The Morgan fingerprint density at radius 2 is 1.75 bits per heavy atom. The van der Waals surface area contributed by atoms with Gasteiger partial charge < -0.3 is 5.32 Å². The highest BCUT2D eigenvalue weighted by Gasteiger charge is 1.98. The number of amides is 1. The van der Waals surface area contributed by atoms with Crippen LogP contribution in [0.4, 0.5) is 5.69 Å². The molecular weight excluding hydrogens is 266 g/mol. The maximum atomic E-state index is 10.9. The van der Waals surface area contributed by atoms with Gasteiger partial charge in [-0.1, -0.05) is 30.3 Å². The van der Waals surface area contributed by atoms with Gasteiger partial charge in [-0.15, -0.1) is 11.8 Å². The van der Waals surface area contributed by atoms with E-state index in [2.05, 4.69) is 47.8 Å². The maximum Gasteiger partial charge on any atom is 0.221 e. The molecule has 0 aromatic heterocycles. The molecular formula is C17H19NOS. The van der Waals surface area contributed by atoms with E-state index in [9.17, 15) is 4.79 Å². The first-order valence-corrected chi connectivity index (χ1v) is 7.77. The van der Waals surface area contributed by atoms with Crippen molar-refractivity contribution in [2.45, 2.75) is 24.7 Å². The SMILES string of the molecule is CC(=O)Nc1ccc(SCCCc2ccccc2)cc1. The molecule has 0 aliphatic carbocycles. The summed E-state index contributed by atoms with van der Waals surface area (Å²) in [6.07, 6.45) is 2.29. The normalized spacial score (nSPS) is 10.2. The van der Waals surface area contributed by atoms with Crippen LogP contribution in [-0.4, -0.2) is 11.7 Å². The van der Waals surface area contributed by atoms with Gasteiger partial charge >= 0.3 is 0 Å². The van der Waals surface area contributed by atoms with E-state index >= 15 is 0 Å². The van der Waals surface area contributed by atoms with E-state index < -0.39 is 0 Å². The summed E-state index contributed by atoms with van der Waals surface area (Å²) in [6, 6.07) is 18.6. The number of anilines is 1. The predicted molar refractivity (Wildman–Crippen MR) is 86.2 cm³/mol. The van der Waals surface area contributed by atoms with Gasteiger partial charge in [-0.05, 0) is 48.4 Å². The highest BCUT2D eigenvalue weighted by atomic mass is 32.2. The largest absolute Gasteiger partial charge is 0.326 e. The lowest BCUT2D eigenvalue weighted by Gasteiger charge is -2.05. The van der Waals surface area contributed by atoms with Crippen LogP contribution in [0.1, 0.15) is 18.9 Å². The molecule has 0 fully saturated rings. The van der Waals surface area contributed by atoms with Gasteiger partial charge in [-0.25, -0.2) is 0 Å². The molecule has 0 atom stereocenters. The van der Waals surface area contributed by atoms with E-state index in [4.69, 9.17) is 0 Å². The van der Waals surface area contributed by atoms with Gasteiger partial charge in [0, 0.05) is 17.5 Å². The Labute approximate surface area is 124 Å². The van der Waals surface area contributed by atoms with Crippen LogP contribution in [0.25, 0.3) is 0 Å². The van der Waals surface area contributed by atoms with Gasteiger partial charge in [0.05, 0.1) is 0 Å². The smallest absolute Gasteiger partial charge is 0.221 e. The van der Waals surface area contributed by atoms with Crippen LogP contribution in [-0.2, 0) is 11.2 Å². The fraction of sp³-hybridized carbons (Fsp3) is 0.235. The van der Waals surface area contributed by atoms with Crippen LogP contribution in [0.3, 0.4) is 0 Å². The van der Waals surface area contributed by atoms with Crippen molar-refractivity contribution in [1.82, 2.24) is 0 Å². The maximum absolute atomic E-state index is 10.9. The molecule has 2 aromatic rings. The fourth-order valence-corrected chi connectivity index (χ4v) is 2.80. The second-order valence-electron chi connectivity index (χ2n) is 4.64. The summed E-state index contributed by atoms with van der Waals surface area (Å²) in [5.74, 6) is 1.07. The van der Waals surface area contributed by atoms with Crippen molar-refractivity contribution < 1.29 is 4.79 Å². The summed E-state index contributed by atoms with van der Waals surface area (Å²) in [4.78, 5) is 12.2. The lowest BCUT2D eigenvalue weighted by Crippen LogP contribution is -2.05. The Kier molecular flexibility index (Phi) is 5.69. The summed E-state index contributed by atoms with van der Waals surface area (Å²) in [7, 11) is 0. The molecule has 2 nitrogen and oxygen atoms in total. The Morgan fingerprint density at radius 1 is 1.05 bits per heavy atom. The molecule has 2 rings (SSSR count). The zero-order valence-electron chi connectivity index (χ0n) is 11.6. The first-order valence-electron chi connectivity index (χ1n) is 6.78. The molecule has 3 heteroatoms.